The molecule has 2 N–H and O–H groups in total. The number of benzene rings is 1. The van der Waals surface area contributed by atoms with E-state index in [4.69, 9.17) is 4.74 Å². The van der Waals surface area contributed by atoms with Crippen LogP contribution >= 0.6 is 0 Å². The van der Waals surface area contributed by atoms with Gasteiger partial charge >= 0.3 is 43.3 Å². The van der Waals surface area contributed by atoms with Crippen LogP contribution in [0.1, 0.15) is 26.3 Å². The highest BCUT2D eigenvalue weighted by Gasteiger charge is 2.51. The van der Waals surface area contributed by atoms with Gasteiger partial charge in [0.1, 0.15) is 11.6 Å². The standard InChI is InChI=1S/C16H17F6NO10S2/c1-14(2,3)31-13(26)23-9(12(24)25)6-8-4-5-10(32-34(27,28)15(17,18)19)11(7-8)33-35(29,30)16(20,21)22/h4-5,7,9H,6H2,1-3H3,(H,23,26)(H,24,25). The number of carbonyl (C=O) groups is 2. The second-order valence-corrected chi connectivity index (χ2v) is 10.6. The summed E-state index contributed by atoms with van der Waals surface area (Å²) in [5.74, 6) is -4.96. The van der Waals surface area contributed by atoms with E-state index in [1.54, 1.807) is 0 Å². The van der Waals surface area contributed by atoms with Crippen molar-refractivity contribution >= 4 is 32.3 Å². The molecule has 1 amide bonds. The summed E-state index contributed by atoms with van der Waals surface area (Å²) in [6.07, 6.45) is -2.01. The highest BCUT2D eigenvalue weighted by Crippen LogP contribution is 2.37. The number of amides is 1. The predicted octanol–water partition coefficient (Wildman–Crippen LogP) is 2.66. The molecule has 0 saturated heterocycles. The van der Waals surface area contributed by atoms with Crippen LogP contribution < -0.4 is 13.7 Å². The lowest BCUT2D eigenvalue weighted by atomic mass is 10.1. The predicted molar refractivity (Wildman–Crippen MR) is 102 cm³/mol. The topological polar surface area (TPSA) is 162 Å². The lowest BCUT2D eigenvalue weighted by Crippen LogP contribution is -2.44. The van der Waals surface area contributed by atoms with Gasteiger partial charge in [0.25, 0.3) is 0 Å². The molecule has 1 aromatic carbocycles. The second kappa shape index (κ2) is 9.96. The van der Waals surface area contributed by atoms with Gasteiger partial charge in [0.15, 0.2) is 11.5 Å². The number of carboxylic acids is 1. The van der Waals surface area contributed by atoms with Gasteiger partial charge in [-0.25, -0.2) is 9.59 Å². The normalized spacial score (nSPS) is 14.1. The summed E-state index contributed by atoms with van der Waals surface area (Å²) in [6.45, 7) is 4.34. The molecule has 11 nitrogen and oxygen atoms in total. The third kappa shape index (κ3) is 8.64. The average molecular weight is 561 g/mol. The lowest BCUT2D eigenvalue weighted by molar-refractivity contribution is -0.139. The number of halogens is 6. The fourth-order valence-corrected chi connectivity index (χ4v) is 2.96. The summed E-state index contributed by atoms with van der Waals surface area (Å²) < 4.78 is 133. The van der Waals surface area contributed by atoms with Crippen LogP contribution in [0.3, 0.4) is 0 Å². The minimum atomic E-state index is -6.53. The van der Waals surface area contributed by atoms with Crippen LogP contribution in [0, 0.1) is 0 Å². The number of carbonyl (C=O) groups excluding carboxylic acids is 1. The first kappa shape index (κ1) is 30.1. The molecule has 0 fully saturated rings. The molecule has 0 heterocycles. The summed E-state index contributed by atoms with van der Waals surface area (Å²) >= 11 is 0. The van der Waals surface area contributed by atoms with Gasteiger partial charge < -0.3 is 23.5 Å². The van der Waals surface area contributed by atoms with Crippen molar-refractivity contribution in [1.29, 1.82) is 0 Å². The summed E-state index contributed by atoms with van der Waals surface area (Å²) in [4.78, 5) is 23.3. The molecular formula is C16H17F6NO10S2. The minimum Gasteiger partial charge on any atom is -0.480 e. The molecule has 1 rings (SSSR count). The summed E-state index contributed by atoms with van der Waals surface area (Å²) in [7, 11) is -13.0. The van der Waals surface area contributed by atoms with Gasteiger partial charge in [-0.3, -0.25) is 0 Å². The minimum absolute atomic E-state index is 0.289. The van der Waals surface area contributed by atoms with E-state index >= 15 is 0 Å². The first-order valence-electron chi connectivity index (χ1n) is 8.82. The number of ether oxygens (including phenoxy) is 1. The van der Waals surface area contributed by atoms with E-state index in [0.29, 0.717) is 12.1 Å². The van der Waals surface area contributed by atoms with Crippen LogP contribution in [-0.2, 0) is 36.2 Å². The number of rotatable bonds is 8. The number of alkyl carbamates (subject to hydrolysis) is 1. The zero-order chi connectivity index (χ0) is 27.6. The molecule has 1 aromatic rings. The van der Waals surface area contributed by atoms with Gasteiger partial charge in [0.2, 0.25) is 0 Å². The second-order valence-electron chi connectivity index (χ2n) is 7.49. The molecule has 0 aliphatic rings. The molecule has 200 valence electrons. The van der Waals surface area contributed by atoms with Crippen molar-refractivity contribution in [3.8, 4) is 11.5 Å². The summed E-state index contributed by atoms with van der Waals surface area (Å²) in [6, 6.07) is -0.549. The Bertz CT molecular complexity index is 1170. The van der Waals surface area contributed by atoms with E-state index in [9.17, 15) is 57.9 Å². The van der Waals surface area contributed by atoms with Crippen molar-refractivity contribution in [3.05, 3.63) is 23.8 Å². The van der Waals surface area contributed by atoms with Crippen LogP contribution in [0.2, 0.25) is 0 Å². The van der Waals surface area contributed by atoms with Gasteiger partial charge in [-0.2, -0.15) is 43.2 Å². The smallest absolute Gasteiger partial charge is 0.480 e. The highest BCUT2D eigenvalue weighted by atomic mass is 32.2. The van der Waals surface area contributed by atoms with E-state index < -0.39 is 78.4 Å². The quantitative estimate of drug-likeness (QED) is 0.274. The highest BCUT2D eigenvalue weighted by molar-refractivity contribution is 7.88. The molecule has 0 radical (unpaired) electrons. The van der Waals surface area contributed by atoms with Gasteiger partial charge in [0.05, 0.1) is 0 Å². The van der Waals surface area contributed by atoms with Gasteiger partial charge in [-0.05, 0) is 38.5 Å². The molecule has 1 atom stereocenters. The van der Waals surface area contributed by atoms with E-state index in [-0.39, 0.29) is 6.07 Å². The molecule has 0 aromatic heterocycles. The maximum Gasteiger partial charge on any atom is 0.534 e. The molecule has 1 unspecified atom stereocenters. The molecule has 0 aliphatic carbocycles. The number of aliphatic carboxylic acids is 1. The molecule has 0 bridgehead atoms. The Kier molecular flexibility index (Phi) is 8.55. The zero-order valence-electron chi connectivity index (χ0n) is 17.7. The molecule has 0 aliphatic heterocycles. The Morgan fingerprint density at radius 3 is 1.77 bits per heavy atom. The number of nitrogens with one attached hydrogen (secondary N) is 1. The Morgan fingerprint density at radius 2 is 1.37 bits per heavy atom. The fourth-order valence-electron chi connectivity index (χ4n) is 2.03. The number of hydrogen-bond acceptors (Lipinski definition) is 9. The van der Waals surface area contributed by atoms with Crippen molar-refractivity contribution in [2.75, 3.05) is 0 Å². The molecule has 0 spiro atoms. The van der Waals surface area contributed by atoms with E-state index in [1.807, 2.05) is 5.32 Å². The lowest BCUT2D eigenvalue weighted by Gasteiger charge is -2.22. The van der Waals surface area contributed by atoms with Crippen LogP contribution in [0.25, 0.3) is 0 Å². The van der Waals surface area contributed by atoms with Crippen LogP contribution in [-0.4, -0.2) is 56.7 Å². The maximum absolute atomic E-state index is 12.7. The number of hydrogen-bond donors (Lipinski definition) is 2. The van der Waals surface area contributed by atoms with Crippen molar-refractivity contribution in [2.45, 2.75) is 49.9 Å². The largest absolute Gasteiger partial charge is 0.534 e. The molecule has 19 heteroatoms. The van der Waals surface area contributed by atoms with E-state index in [1.165, 1.54) is 20.8 Å². The van der Waals surface area contributed by atoms with Gasteiger partial charge in [-0.15, -0.1) is 0 Å². The Hall–Kier alpha value is -2.96. The fraction of sp³-hybridized carbons (Fsp3) is 0.500. The number of carboxylic acid groups (broad SMARTS) is 1. The molecular weight excluding hydrogens is 544 g/mol. The van der Waals surface area contributed by atoms with E-state index in [2.05, 4.69) is 8.37 Å². The SMILES string of the molecule is CC(C)(C)OC(=O)NC(Cc1ccc(OS(=O)(=O)C(F)(F)F)c(OS(=O)(=O)C(F)(F)F)c1)C(=O)O. The van der Waals surface area contributed by atoms with Crippen LogP contribution in [0.15, 0.2) is 18.2 Å². The third-order valence-electron chi connectivity index (χ3n) is 3.40. The Labute approximate surface area is 194 Å². The first-order valence-corrected chi connectivity index (χ1v) is 11.6. The summed E-state index contributed by atoms with van der Waals surface area (Å²) in [5.41, 5.74) is -13.6. The van der Waals surface area contributed by atoms with Crippen molar-refractivity contribution < 1.29 is 71.0 Å². The Balaban J connectivity index is 3.43. The monoisotopic (exact) mass is 561 g/mol. The van der Waals surface area contributed by atoms with Crippen LogP contribution in [0.4, 0.5) is 31.1 Å². The zero-order valence-corrected chi connectivity index (χ0v) is 19.4. The van der Waals surface area contributed by atoms with Crippen molar-refractivity contribution in [3.63, 3.8) is 0 Å². The summed E-state index contributed by atoms with van der Waals surface area (Å²) in [5, 5.41) is 11.2. The Morgan fingerprint density at radius 1 is 0.914 bits per heavy atom. The van der Waals surface area contributed by atoms with Crippen LogP contribution in [0.5, 0.6) is 11.5 Å². The third-order valence-corrected chi connectivity index (χ3v) is 5.33. The van der Waals surface area contributed by atoms with Gasteiger partial charge in [0, 0.05) is 6.42 Å². The first-order chi connectivity index (χ1) is 15.5. The number of alkyl halides is 6. The average Bonchev–Trinajstić information content (AvgIpc) is 2.59. The molecule has 35 heavy (non-hydrogen) atoms. The maximum atomic E-state index is 12.7. The molecule has 0 saturated carbocycles. The van der Waals surface area contributed by atoms with Crippen molar-refractivity contribution in [2.24, 2.45) is 0 Å². The van der Waals surface area contributed by atoms with Gasteiger partial charge in [-0.1, -0.05) is 6.07 Å². The van der Waals surface area contributed by atoms with E-state index in [0.717, 1.165) is 0 Å². The van der Waals surface area contributed by atoms with Crippen molar-refractivity contribution in [1.82, 2.24) is 5.32 Å².